The molecule has 0 nitrogen and oxygen atoms in total. The molecular formula is C29H48. The molecule has 8 atom stereocenters. The van der Waals surface area contributed by atoms with E-state index in [1.165, 1.54) is 70.6 Å². The van der Waals surface area contributed by atoms with Crippen LogP contribution in [0.15, 0.2) is 24.3 Å². The molecule has 0 heteroatoms. The zero-order valence-electron chi connectivity index (χ0n) is 20.2. The molecule has 0 saturated heterocycles. The van der Waals surface area contributed by atoms with Crippen molar-refractivity contribution in [2.45, 2.75) is 105 Å². The van der Waals surface area contributed by atoms with E-state index in [4.69, 9.17) is 0 Å². The minimum absolute atomic E-state index is 0.532. The Morgan fingerprint density at radius 3 is 2.59 bits per heavy atom. The van der Waals surface area contributed by atoms with Gasteiger partial charge in [0, 0.05) is 0 Å². The predicted molar refractivity (Wildman–Crippen MR) is 127 cm³/mol. The van der Waals surface area contributed by atoms with E-state index in [2.05, 4.69) is 53.3 Å². The average molecular weight is 397 g/mol. The summed E-state index contributed by atoms with van der Waals surface area (Å²) in [5, 5.41) is 0. The molecule has 0 aromatic heterocycles. The van der Waals surface area contributed by atoms with Crippen molar-refractivity contribution < 1.29 is 0 Å². The van der Waals surface area contributed by atoms with Crippen LogP contribution >= 0.6 is 0 Å². The monoisotopic (exact) mass is 396 g/mol. The van der Waals surface area contributed by atoms with Crippen LogP contribution in [0.4, 0.5) is 0 Å². The number of hydrogen-bond donors (Lipinski definition) is 0. The molecule has 0 radical (unpaired) electrons. The van der Waals surface area contributed by atoms with Crippen molar-refractivity contribution in [3.63, 3.8) is 0 Å². The normalized spacial score (nSPS) is 45.2. The van der Waals surface area contributed by atoms with Crippen LogP contribution in [0.5, 0.6) is 0 Å². The number of allylic oxidation sites excluding steroid dienone is 3. The third-order valence-electron chi connectivity index (χ3n) is 10.6. The number of hydrogen-bond acceptors (Lipinski definition) is 0. The second-order valence-electron chi connectivity index (χ2n) is 12.6. The van der Waals surface area contributed by atoms with Gasteiger partial charge in [-0.15, -0.1) is 6.58 Å². The van der Waals surface area contributed by atoms with E-state index in [9.17, 15) is 0 Å². The Labute approximate surface area is 182 Å². The largest absolute Gasteiger partial charge is 0.103 e. The van der Waals surface area contributed by atoms with Gasteiger partial charge in [-0.05, 0) is 110 Å². The van der Waals surface area contributed by atoms with Gasteiger partial charge in [-0.25, -0.2) is 0 Å². The Morgan fingerprint density at radius 1 is 1.07 bits per heavy atom. The summed E-state index contributed by atoms with van der Waals surface area (Å²) in [6.45, 7) is 16.9. The van der Waals surface area contributed by atoms with Gasteiger partial charge in [-0.1, -0.05) is 65.2 Å². The van der Waals surface area contributed by atoms with Gasteiger partial charge in [-0.2, -0.15) is 0 Å². The van der Waals surface area contributed by atoms with Crippen LogP contribution in [0.25, 0.3) is 0 Å². The molecule has 4 rings (SSSR count). The molecule has 0 bridgehead atoms. The van der Waals surface area contributed by atoms with E-state index in [0.717, 1.165) is 41.4 Å². The van der Waals surface area contributed by atoms with Gasteiger partial charge < -0.3 is 0 Å². The van der Waals surface area contributed by atoms with Crippen molar-refractivity contribution in [2.24, 2.45) is 52.3 Å². The topological polar surface area (TPSA) is 0 Å². The lowest BCUT2D eigenvalue weighted by Gasteiger charge is -2.58. The SMILES string of the molecule is C=C[C@H](CCCC(C)C)[C@H]1CC[C@H]2[C@@H]3CC=C4CC(C)CC[C@]4(C)[C@H]3CC[C@]12C. The van der Waals surface area contributed by atoms with Gasteiger partial charge in [0.1, 0.15) is 0 Å². The van der Waals surface area contributed by atoms with E-state index in [1.807, 2.05) is 5.57 Å². The summed E-state index contributed by atoms with van der Waals surface area (Å²) in [5.41, 5.74) is 2.96. The van der Waals surface area contributed by atoms with Crippen molar-refractivity contribution in [2.75, 3.05) is 0 Å². The van der Waals surface area contributed by atoms with Crippen molar-refractivity contribution in [3.05, 3.63) is 24.3 Å². The van der Waals surface area contributed by atoms with Crippen LogP contribution in [0.3, 0.4) is 0 Å². The Kier molecular flexibility index (Phi) is 6.14. The van der Waals surface area contributed by atoms with Crippen molar-refractivity contribution in [3.8, 4) is 0 Å². The molecule has 4 aliphatic carbocycles. The molecule has 0 aliphatic heterocycles. The van der Waals surface area contributed by atoms with Crippen molar-refractivity contribution >= 4 is 0 Å². The molecule has 1 unspecified atom stereocenters. The third-order valence-corrected chi connectivity index (χ3v) is 10.6. The van der Waals surface area contributed by atoms with Crippen LogP contribution in [0, 0.1) is 52.3 Å². The van der Waals surface area contributed by atoms with E-state index < -0.39 is 0 Å². The molecular weight excluding hydrogens is 348 g/mol. The van der Waals surface area contributed by atoms with Crippen molar-refractivity contribution in [1.29, 1.82) is 0 Å². The van der Waals surface area contributed by atoms with Gasteiger partial charge in [-0.3, -0.25) is 0 Å². The van der Waals surface area contributed by atoms with Crippen LogP contribution in [0.1, 0.15) is 105 Å². The Balaban J connectivity index is 1.52. The van der Waals surface area contributed by atoms with E-state index in [0.29, 0.717) is 10.8 Å². The predicted octanol–water partition coefficient (Wildman–Crippen LogP) is 8.83. The van der Waals surface area contributed by atoms with Gasteiger partial charge in [0.2, 0.25) is 0 Å². The zero-order valence-corrected chi connectivity index (χ0v) is 20.2. The number of fused-ring (bicyclic) bond motifs is 5. The molecule has 4 aliphatic rings. The highest BCUT2D eigenvalue weighted by molar-refractivity contribution is 5.25. The molecule has 3 saturated carbocycles. The second kappa shape index (κ2) is 8.20. The summed E-state index contributed by atoms with van der Waals surface area (Å²) in [6.07, 6.45) is 20.9. The Hall–Kier alpha value is -0.520. The quantitative estimate of drug-likeness (QED) is 0.393. The molecule has 0 spiro atoms. The van der Waals surface area contributed by atoms with Crippen molar-refractivity contribution in [1.82, 2.24) is 0 Å². The summed E-state index contributed by atoms with van der Waals surface area (Å²) in [5.74, 6) is 6.29. The van der Waals surface area contributed by atoms with E-state index in [-0.39, 0.29) is 0 Å². The summed E-state index contributed by atoms with van der Waals surface area (Å²) in [6, 6.07) is 0. The highest BCUT2D eigenvalue weighted by Crippen LogP contribution is 2.67. The third kappa shape index (κ3) is 3.70. The molecule has 3 fully saturated rings. The molecule has 29 heavy (non-hydrogen) atoms. The maximum absolute atomic E-state index is 4.32. The van der Waals surface area contributed by atoms with Crippen LogP contribution in [0.2, 0.25) is 0 Å². The summed E-state index contributed by atoms with van der Waals surface area (Å²) in [4.78, 5) is 0. The van der Waals surface area contributed by atoms with E-state index in [1.54, 1.807) is 0 Å². The molecule has 0 N–H and O–H groups in total. The minimum atomic E-state index is 0.532. The molecule has 0 aromatic rings. The Bertz CT molecular complexity index is 626. The average Bonchev–Trinajstić information content (AvgIpc) is 3.03. The lowest BCUT2D eigenvalue weighted by molar-refractivity contribution is -0.0502. The van der Waals surface area contributed by atoms with Crippen LogP contribution in [-0.2, 0) is 0 Å². The van der Waals surface area contributed by atoms with Gasteiger partial charge in [0.05, 0.1) is 0 Å². The minimum Gasteiger partial charge on any atom is -0.103 e. The lowest BCUT2D eigenvalue weighted by atomic mass is 9.46. The summed E-state index contributed by atoms with van der Waals surface area (Å²) in [7, 11) is 0. The first-order valence-corrected chi connectivity index (χ1v) is 13.1. The lowest BCUT2D eigenvalue weighted by Crippen LogP contribution is -2.50. The Morgan fingerprint density at radius 2 is 1.86 bits per heavy atom. The second-order valence-corrected chi connectivity index (χ2v) is 12.6. The fourth-order valence-electron chi connectivity index (χ4n) is 8.83. The molecule has 164 valence electrons. The fraction of sp³-hybridized carbons (Fsp3) is 0.862. The number of rotatable bonds is 6. The maximum Gasteiger partial charge on any atom is -0.00851 e. The first-order chi connectivity index (χ1) is 13.8. The molecule has 0 aromatic carbocycles. The van der Waals surface area contributed by atoms with E-state index >= 15 is 0 Å². The van der Waals surface area contributed by atoms with Crippen LogP contribution < -0.4 is 0 Å². The van der Waals surface area contributed by atoms with Crippen LogP contribution in [-0.4, -0.2) is 0 Å². The first-order valence-electron chi connectivity index (χ1n) is 13.1. The molecule has 0 heterocycles. The van der Waals surface area contributed by atoms with Gasteiger partial charge in [0.15, 0.2) is 0 Å². The van der Waals surface area contributed by atoms with Gasteiger partial charge >= 0.3 is 0 Å². The highest BCUT2D eigenvalue weighted by Gasteiger charge is 2.59. The standard InChI is InChI=1S/C29H48/c1-7-22(10-8-9-20(2)3)25-13-14-26-24-12-11-23-19-21(4)15-17-28(23,5)27(24)16-18-29(25,26)6/h7,11,20-22,24-27H,1,8-10,12-19H2,2-6H3/t21?,22-,24+,25-,26+,27+,28+,29-/m1/s1. The van der Waals surface area contributed by atoms with Gasteiger partial charge in [0.25, 0.3) is 0 Å². The summed E-state index contributed by atoms with van der Waals surface area (Å²) >= 11 is 0. The maximum atomic E-state index is 4.32. The summed E-state index contributed by atoms with van der Waals surface area (Å²) < 4.78 is 0. The zero-order chi connectivity index (χ0) is 20.8. The molecule has 0 amide bonds. The first kappa shape index (κ1) is 21.7. The highest BCUT2D eigenvalue weighted by atomic mass is 14.6. The fourth-order valence-corrected chi connectivity index (χ4v) is 8.83. The smallest absolute Gasteiger partial charge is 0.00851 e.